The summed E-state index contributed by atoms with van der Waals surface area (Å²) in [5.74, 6) is -0.338. The smallest absolute Gasteiger partial charge is 0.282 e. The highest BCUT2D eigenvalue weighted by Crippen LogP contribution is 2.16. The summed E-state index contributed by atoms with van der Waals surface area (Å²) >= 11 is 0. The number of hydrogen-bond acceptors (Lipinski definition) is 4. The van der Waals surface area contributed by atoms with E-state index in [9.17, 15) is 13.2 Å². The Kier molecular flexibility index (Phi) is 5.09. The Balaban J connectivity index is 2.76. The molecular formula is C10H21N3O4S. The van der Waals surface area contributed by atoms with Crippen molar-refractivity contribution in [3.8, 4) is 0 Å². The van der Waals surface area contributed by atoms with Crippen LogP contribution in [0.3, 0.4) is 0 Å². The molecule has 1 N–H and O–H groups in total. The summed E-state index contributed by atoms with van der Waals surface area (Å²) in [6.45, 7) is 4.10. The average molecular weight is 279 g/mol. The van der Waals surface area contributed by atoms with E-state index in [1.165, 1.54) is 18.4 Å². The van der Waals surface area contributed by atoms with E-state index in [2.05, 4.69) is 5.32 Å². The van der Waals surface area contributed by atoms with Crippen molar-refractivity contribution < 1.29 is 17.9 Å². The molecule has 1 rings (SSSR count). The van der Waals surface area contributed by atoms with E-state index < -0.39 is 10.2 Å². The fourth-order valence-electron chi connectivity index (χ4n) is 1.88. The number of nitrogens with zero attached hydrogens (tertiary/aromatic N) is 2. The Bertz CT molecular complexity index is 388. The Hall–Kier alpha value is -0.700. The first-order valence-electron chi connectivity index (χ1n) is 5.84. The summed E-state index contributed by atoms with van der Waals surface area (Å²) in [7, 11) is -0.735. The van der Waals surface area contributed by atoms with Crippen LogP contribution in [0.2, 0.25) is 0 Å². The van der Waals surface area contributed by atoms with Crippen molar-refractivity contribution in [1.82, 2.24) is 13.9 Å². The lowest BCUT2D eigenvalue weighted by Crippen LogP contribution is -2.53. The van der Waals surface area contributed by atoms with Crippen molar-refractivity contribution in [2.45, 2.75) is 26.1 Å². The lowest BCUT2D eigenvalue weighted by atomic mass is 10.3. The van der Waals surface area contributed by atoms with Gasteiger partial charge in [0.1, 0.15) is 0 Å². The van der Waals surface area contributed by atoms with Gasteiger partial charge in [0.25, 0.3) is 10.2 Å². The first-order chi connectivity index (χ1) is 8.27. The lowest BCUT2D eigenvalue weighted by molar-refractivity contribution is -0.120. The normalized spacial score (nSPS) is 26.3. The molecule has 1 heterocycles. The zero-order valence-corrected chi connectivity index (χ0v) is 12.0. The van der Waals surface area contributed by atoms with Crippen molar-refractivity contribution in [3.05, 3.63) is 0 Å². The highest BCUT2D eigenvalue weighted by Gasteiger charge is 2.34. The molecule has 0 spiro atoms. The van der Waals surface area contributed by atoms with Crippen LogP contribution in [0.4, 0.5) is 0 Å². The molecule has 0 aromatic rings. The van der Waals surface area contributed by atoms with Gasteiger partial charge in [-0.3, -0.25) is 4.79 Å². The van der Waals surface area contributed by atoms with Gasteiger partial charge in [-0.05, 0) is 13.8 Å². The molecule has 1 amide bonds. The van der Waals surface area contributed by atoms with Gasteiger partial charge < -0.3 is 10.1 Å². The molecule has 0 aromatic heterocycles. The van der Waals surface area contributed by atoms with Gasteiger partial charge in [0.05, 0.1) is 18.8 Å². The Morgan fingerprint density at radius 1 is 1.39 bits per heavy atom. The van der Waals surface area contributed by atoms with E-state index >= 15 is 0 Å². The molecule has 1 aliphatic heterocycles. The summed E-state index contributed by atoms with van der Waals surface area (Å²) in [5.41, 5.74) is 0. The molecule has 0 aromatic carbocycles. The van der Waals surface area contributed by atoms with Gasteiger partial charge in [0.15, 0.2) is 0 Å². The predicted molar refractivity (Wildman–Crippen MR) is 67.2 cm³/mol. The van der Waals surface area contributed by atoms with Crippen LogP contribution in [0.1, 0.15) is 13.8 Å². The zero-order valence-electron chi connectivity index (χ0n) is 11.2. The lowest BCUT2D eigenvalue weighted by Gasteiger charge is -2.36. The van der Waals surface area contributed by atoms with E-state index in [1.807, 2.05) is 13.8 Å². The van der Waals surface area contributed by atoms with Crippen LogP contribution >= 0.6 is 0 Å². The number of likely N-dealkylation sites (N-methyl/N-ethyl adjacent to an activating group) is 2. The molecule has 18 heavy (non-hydrogen) atoms. The minimum Gasteiger partial charge on any atom is -0.373 e. The summed E-state index contributed by atoms with van der Waals surface area (Å²) in [4.78, 5) is 11.2. The fourth-order valence-corrected chi connectivity index (χ4v) is 3.35. The van der Waals surface area contributed by atoms with E-state index in [0.717, 1.165) is 4.31 Å². The van der Waals surface area contributed by atoms with Crippen LogP contribution in [-0.4, -0.2) is 68.9 Å². The van der Waals surface area contributed by atoms with Crippen LogP contribution in [0.15, 0.2) is 0 Å². The molecule has 1 saturated heterocycles. The van der Waals surface area contributed by atoms with Gasteiger partial charge in [-0.25, -0.2) is 0 Å². The van der Waals surface area contributed by atoms with Crippen LogP contribution in [-0.2, 0) is 19.7 Å². The topological polar surface area (TPSA) is 79.0 Å². The number of morpholine rings is 1. The quantitative estimate of drug-likeness (QED) is 0.717. The van der Waals surface area contributed by atoms with E-state index in [1.54, 1.807) is 0 Å². The molecule has 1 aliphatic rings. The van der Waals surface area contributed by atoms with Crippen molar-refractivity contribution in [1.29, 1.82) is 0 Å². The molecule has 2 atom stereocenters. The number of carbonyl (C=O) groups excluding carboxylic acids is 1. The monoisotopic (exact) mass is 279 g/mol. The molecule has 0 radical (unpaired) electrons. The standard InChI is InChI=1S/C10H21N3O4S/c1-8-5-13(6-9(2)17-8)18(15,16)12(4)7-10(14)11-3/h8-9H,5-7H2,1-4H3,(H,11,14). The third-order valence-electron chi connectivity index (χ3n) is 2.75. The van der Waals surface area contributed by atoms with Gasteiger partial charge in [0.2, 0.25) is 5.91 Å². The molecule has 2 unspecified atom stereocenters. The summed E-state index contributed by atoms with van der Waals surface area (Å²) in [6.07, 6.45) is -0.283. The molecule has 1 fully saturated rings. The van der Waals surface area contributed by atoms with Crippen LogP contribution in [0.25, 0.3) is 0 Å². The largest absolute Gasteiger partial charge is 0.373 e. The number of rotatable bonds is 4. The van der Waals surface area contributed by atoms with Gasteiger partial charge >= 0.3 is 0 Å². The second kappa shape index (κ2) is 5.96. The van der Waals surface area contributed by atoms with Crippen LogP contribution in [0.5, 0.6) is 0 Å². The maximum Gasteiger partial charge on any atom is 0.282 e. The van der Waals surface area contributed by atoms with Gasteiger partial charge in [-0.2, -0.15) is 17.0 Å². The highest BCUT2D eigenvalue weighted by molar-refractivity contribution is 7.86. The second-order valence-corrected chi connectivity index (χ2v) is 6.55. The van der Waals surface area contributed by atoms with E-state index in [-0.39, 0.29) is 24.7 Å². The molecule has 8 heteroatoms. The van der Waals surface area contributed by atoms with Crippen molar-refractivity contribution in [2.75, 3.05) is 33.7 Å². The van der Waals surface area contributed by atoms with Gasteiger partial charge in [0, 0.05) is 27.2 Å². The third kappa shape index (κ3) is 3.64. The number of nitrogens with one attached hydrogen (secondary N) is 1. The van der Waals surface area contributed by atoms with E-state index in [0.29, 0.717) is 13.1 Å². The SMILES string of the molecule is CNC(=O)CN(C)S(=O)(=O)N1CC(C)OC(C)C1. The predicted octanol–water partition coefficient (Wildman–Crippen LogP) is -0.982. The van der Waals surface area contributed by atoms with Crippen LogP contribution < -0.4 is 5.32 Å². The first-order valence-corrected chi connectivity index (χ1v) is 7.24. The number of ether oxygens (including phenoxy) is 1. The molecule has 106 valence electrons. The van der Waals surface area contributed by atoms with Gasteiger partial charge in [-0.15, -0.1) is 0 Å². The second-order valence-electron chi connectivity index (χ2n) is 4.51. The number of carbonyl (C=O) groups is 1. The number of amides is 1. The number of hydrogen-bond donors (Lipinski definition) is 1. The Morgan fingerprint density at radius 2 is 1.89 bits per heavy atom. The highest BCUT2D eigenvalue weighted by atomic mass is 32.2. The van der Waals surface area contributed by atoms with Crippen molar-refractivity contribution in [2.24, 2.45) is 0 Å². The minimum absolute atomic E-state index is 0.142. The van der Waals surface area contributed by atoms with Crippen molar-refractivity contribution >= 4 is 16.1 Å². The zero-order chi connectivity index (χ0) is 13.9. The minimum atomic E-state index is -3.61. The van der Waals surface area contributed by atoms with Gasteiger partial charge in [-0.1, -0.05) is 0 Å². The maximum absolute atomic E-state index is 12.2. The Labute approximate surface area is 108 Å². The Morgan fingerprint density at radius 3 is 2.33 bits per heavy atom. The summed E-state index contributed by atoms with van der Waals surface area (Å²) in [5, 5.41) is 2.40. The third-order valence-corrected chi connectivity index (χ3v) is 4.62. The molecule has 0 aliphatic carbocycles. The fraction of sp³-hybridized carbons (Fsp3) is 0.900. The molecule has 7 nitrogen and oxygen atoms in total. The first kappa shape index (κ1) is 15.4. The van der Waals surface area contributed by atoms with E-state index in [4.69, 9.17) is 4.74 Å². The molecule has 0 saturated carbocycles. The summed E-state index contributed by atoms with van der Waals surface area (Å²) < 4.78 is 32.4. The molecular weight excluding hydrogens is 258 g/mol. The maximum atomic E-state index is 12.2. The molecule has 0 bridgehead atoms. The average Bonchev–Trinajstić information content (AvgIpc) is 2.27. The van der Waals surface area contributed by atoms with Crippen molar-refractivity contribution in [3.63, 3.8) is 0 Å². The van der Waals surface area contributed by atoms with Crippen LogP contribution in [0, 0.1) is 0 Å². The summed E-state index contributed by atoms with van der Waals surface area (Å²) in [6, 6.07) is 0.